The van der Waals surface area contributed by atoms with Gasteiger partial charge in [0.05, 0.1) is 17.1 Å². The van der Waals surface area contributed by atoms with Gasteiger partial charge in [0.1, 0.15) is 6.23 Å². The topological polar surface area (TPSA) is 110 Å². The van der Waals surface area contributed by atoms with Gasteiger partial charge in [0.25, 0.3) is 0 Å². The standard InChI is InChI=1S/C21H30N2O6/c1-16(25)22(18-10-4-2-5-11-18)20(26)13-6-3-7-14-29-19-12-8-9-17(15-24)21(19)23(27)28/h8-9,12,15-16,18,25H,2-7,10-11,13-14H2,1H3. The summed E-state index contributed by atoms with van der Waals surface area (Å²) in [5, 5.41) is 21.2. The third-order valence-corrected chi connectivity index (χ3v) is 5.29. The van der Waals surface area contributed by atoms with Crippen molar-refractivity contribution >= 4 is 17.9 Å². The van der Waals surface area contributed by atoms with Crippen LogP contribution in [-0.2, 0) is 4.79 Å². The van der Waals surface area contributed by atoms with Crippen molar-refractivity contribution in [3.8, 4) is 5.75 Å². The molecule has 0 aromatic heterocycles. The zero-order valence-corrected chi connectivity index (χ0v) is 16.9. The van der Waals surface area contributed by atoms with E-state index < -0.39 is 11.2 Å². The Morgan fingerprint density at radius 1 is 1.31 bits per heavy atom. The Balaban J connectivity index is 1.76. The maximum absolute atomic E-state index is 12.6. The Morgan fingerprint density at radius 2 is 2.03 bits per heavy atom. The van der Waals surface area contributed by atoms with Crippen molar-refractivity contribution in [3.63, 3.8) is 0 Å². The lowest BCUT2D eigenvalue weighted by molar-refractivity contribution is -0.386. The number of hydrogen-bond donors (Lipinski definition) is 1. The van der Waals surface area contributed by atoms with E-state index in [1.807, 2.05) is 0 Å². The summed E-state index contributed by atoms with van der Waals surface area (Å²) in [4.78, 5) is 35.7. The number of aliphatic hydroxyl groups is 1. The molecule has 0 bridgehead atoms. The van der Waals surface area contributed by atoms with Gasteiger partial charge in [-0.15, -0.1) is 0 Å². The van der Waals surface area contributed by atoms with Crippen LogP contribution < -0.4 is 4.74 Å². The number of carbonyl (C=O) groups excluding carboxylic acids is 2. The molecule has 160 valence electrons. The first-order valence-electron chi connectivity index (χ1n) is 10.3. The number of amides is 1. The highest BCUT2D eigenvalue weighted by Crippen LogP contribution is 2.30. The maximum atomic E-state index is 12.6. The second kappa shape index (κ2) is 11.5. The monoisotopic (exact) mass is 406 g/mol. The quantitative estimate of drug-likeness (QED) is 0.196. The molecule has 1 aliphatic rings. The highest BCUT2D eigenvalue weighted by molar-refractivity contribution is 5.83. The van der Waals surface area contributed by atoms with E-state index in [1.54, 1.807) is 17.9 Å². The van der Waals surface area contributed by atoms with Gasteiger partial charge in [0.15, 0.2) is 12.0 Å². The summed E-state index contributed by atoms with van der Waals surface area (Å²) in [6.45, 7) is 1.90. The molecule has 29 heavy (non-hydrogen) atoms. The number of nitro benzene ring substituents is 1. The Morgan fingerprint density at radius 3 is 2.66 bits per heavy atom. The van der Waals surface area contributed by atoms with Crippen molar-refractivity contribution in [2.45, 2.75) is 77.0 Å². The lowest BCUT2D eigenvalue weighted by Gasteiger charge is -2.36. The minimum absolute atomic E-state index is 0.0148. The van der Waals surface area contributed by atoms with Crippen LogP contribution in [0.1, 0.15) is 75.1 Å². The Labute approximate surface area is 171 Å². The van der Waals surface area contributed by atoms with Crippen molar-refractivity contribution in [2.75, 3.05) is 6.61 Å². The van der Waals surface area contributed by atoms with E-state index in [2.05, 4.69) is 0 Å². The molecular formula is C21H30N2O6. The molecule has 2 rings (SSSR count). The van der Waals surface area contributed by atoms with Gasteiger partial charge in [-0.1, -0.05) is 25.3 Å². The number of unbranched alkanes of at least 4 members (excludes halogenated alkanes) is 2. The van der Waals surface area contributed by atoms with Crippen LogP contribution in [-0.4, -0.2) is 46.0 Å². The molecule has 1 aromatic carbocycles. The molecule has 0 radical (unpaired) electrons. The molecule has 1 aromatic rings. The fourth-order valence-corrected chi connectivity index (χ4v) is 3.89. The molecule has 8 nitrogen and oxygen atoms in total. The zero-order chi connectivity index (χ0) is 21.2. The minimum atomic E-state index is -0.778. The second-order valence-corrected chi connectivity index (χ2v) is 7.45. The van der Waals surface area contributed by atoms with E-state index in [0.29, 0.717) is 25.5 Å². The second-order valence-electron chi connectivity index (χ2n) is 7.45. The van der Waals surface area contributed by atoms with Gasteiger partial charge in [-0.05, 0) is 51.2 Å². The molecule has 1 amide bonds. The fraction of sp³-hybridized carbons (Fsp3) is 0.619. The van der Waals surface area contributed by atoms with Gasteiger partial charge in [0.2, 0.25) is 5.91 Å². The largest absolute Gasteiger partial charge is 0.487 e. The number of aldehydes is 1. The normalized spacial score (nSPS) is 15.5. The number of nitrogens with zero attached hydrogens (tertiary/aromatic N) is 2. The molecule has 0 spiro atoms. The number of hydrogen-bond acceptors (Lipinski definition) is 6. The van der Waals surface area contributed by atoms with Gasteiger partial charge in [-0.3, -0.25) is 19.7 Å². The van der Waals surface area contributed by atoms with E-state index in [1.165, 1.54) is 18.6 Å². The number of ether oxygens (including phenoxy) is 1. The van der Waals surface area contributed by atoms with Crippen molar-refractivity contribution in [1.82, 2.24) is 4.90 Å². The highest BCUT2D eigenvalue weighted by Gasteiger charge is 2.28. The average Bonchev–Trinajstić information content (AvgIpc) is 2.70. The van der Waals surface area contributed by atoms with Gasteiger partial charge in [-0.25, -0.2) is 0 Å². The summed E-state index contributed by atoms with van der Waals surface area (Å²) in [5.41, 5.74) is -0.336. The van der Waals surface area contributed by atoms with Crippen LogP contribution in [0.3, 0.4) is 0 Å². The lowest BCUT2D eigenvalue weighted by Crippen LogP contribution is -2.46. The molecule has 1 fully saturated rings. The van der Waals surface area contributed by atoms with Crippen LogP contribution in [0.4, 0.5) is 5.69 Å². The molecular weight excluding hydrogens is 376 g/mol. The first-order chi connectivity index (χ1) is 14.0. The van der Waals surface area contributed by atoms with Crippen LogP contribution >= 0.6 is 0 Å². The number of aliphatic hydroxyl groups excluding tert-OH is 1. The Hall–Kier alpha value is -2.48. The highest BCUT2D eigenvalue weighted by atomic mass is 16.6. The molecule has 1 saturated carbocycles. The summed E-state index contributed by atoms with van der Waals surface area (Å²) < 4.78 is 5.49. The van der Waals surface area contributed by atoms with Gasteiger partial charge < -0.3 is 14.7 Å². The van der Waals surface area contributed by atoms with Crippen LogP contribution in [0.15, 0.2) is 18.2 Å². The predicted octanol–water partition coefficient (Wildman–Crippen LogP) is 3.85. The molecule has 8 heteroatoms. The van der Waals surface area contributed by atoms with E-state index in [0.717, 1.165) is 32.1 Å². The maximum Gasteiger partial charge on any atom is 0.321 e. The summed E-state index contributed by atoms with van der Waals surface area (Å²) in [7, 11) is 0. The zero-order valence-electron chi connectivity index (χ0n) is 16.9. The number of para-hydroxylation sites is 1. The summed E-state index contributed by atoms with van der Waals surface area (Å²) in [5.74, 6) is 0.0513. The number of nitro groups is 1. The SMILES string of the molecule is CC(O)N(C(=O)CCCCCOc1cccc(C=O)c1[N+](=O)[O-])C1CCCCC1. The molecule has 0 aliphatic heterocycles. The van der Waals surface area contributed by atoms with E-state index >= 15 is 0 Å². The van der Waals surface area contributed by atoms with Crippen molar-refractivity contribution in [1.29, 1.82) is 0 Å². The summed E-state index contributed by atoms with van der Waals surface area (Å²) in [6, 6.07) is 4.52. The fourth-order valence-electron chi connectivity index (χ4n) is 3.89. The Bertz CT molecular complexity index is 700. The Kier molecular flexibility index (Phi) is 9.05. The molecule has 1 N–H and O–H groups in total. The minimum Gasteiger partial charge on any atom is -0.487 e. The molecule has 1 atom stereocenters. The molecule has 0 heterocycles. The van der Waals surface area contributed by atoms with Crippen LogP contribution in [0.2, 0.25) is 0 Å². The number of carbonyl (C=O) groups is 2. The molecule has 1 unspecified atom stereocenters. The first-order valence-corrected chi connectivity index (χ1v) is 10.3. The number of rotatable bonds is 11. The van der Waals surface area contributed by atoms with Crippen molar-refractivity contribution in [2.24, 2.45) is 0 Å². The van der Waals surface area contributed by atoms with E-state index in [9.17, 15) is 24.8 Å². The first kappa shape index (κ1) is 22.8. The van der Waals surface area contributed by atoms with Crippen LogP contribution in [0, 0.1) is 10.1 Å². The third kappa shape index (κ3) is 6.52. The average molecular weight is 406 g/mol. The lowest BCUT2D eigenvalue weighted by atomic mass is 9.93. The van der Waals surface area contributed by atoms with E-state index in [-0.39, 0.29) is 35.6 Å². The van der Waals surface area contributed by atoms with Crippen LogP contribution in [0.5, 0.6) is 5.75 Å². The van der Waals surface area contributed by atoms with Crippen molar-refractivity contribution < 1.29 is 24.4 Å². The van der Waals surface area contributed by atoms with E-state index in [4.69, 9.17) is 4.74 Å². The predicted molar refractivity (Wildman–Crippen MR) is 108 cm³/mol. The third-order valence-electron chi connectivity index (χ3n) is 5.29. The molecule has 0 saturated heterocycles. The molecule has 1 aliphatic carbocycles. The van der Waals surface area contributed by atoms with Gasteiger partial charge in [0, 0.05) is 12.5 Å². The number of benzene rings is 1. The van der Waals surface area contributed by atoms with Crippen LogP contribution in [0.25, 0.3) is 0 Å². The summed E-state index contributed by atoms with van der Waals surface area (Å²) >= 11 is 0. The summed E-state index contributed by atoms with van der Waals surface area (Å²) in [6.07, 6.45) is 7.32. The van der Waals surface area contributed by atoms with Gasteiger partial charge >= 0.3 is 5.69 Å². The van der Waals surface area contributed by atoms with Gasteiger partial charge in [-0.2, -0.15) is 0 Å². The smallest absolute Gasteiger partial charge is 0.321 e. The van der Waals surface area contributed by atoms with Crippen molar-refractivity contribution in [3.05, 3.63) is 33.9 Å².